The second-order valence-electron chi connectivity index (χ2n) is 8.02. The Morgan fingerprint density at radius 3 is 2.43 bits per heavy atom. The van der Waals surface area contributed by atoms with Crippen molar-refractivity contribution < 1.29 is 17.9 Å². The molecule has 0 spiro atoms. The zero-order valence-electron chi connectivity index (χ0n) is 16.1. The highest BCUT2D eigenvalue weighted by Crippen LogP contribution is 2.50. The van der Waals surface area contributed by atoms with Crippen LogP contribution in [0.3, 0.4) is 0 Å². The average Bonchev–Trinajstić information content (AvgIpc) is 2.74. The molecule has 2 saturated heterocycles. The van der Waals surface area contributed by atoms with Crippen LogP contribution in [0.25, 0.3) is 0 Å². The molecule has 4 aliphatic rings. The molecule has 30 heavy (non-hydrogen) atoms. The van der Waals surface area contributed by atoms with Gasteiger partial charge in [0.1, 0.15) is 17.3 Å². The molecular formula is C22H20ClF3N2OS. The lowest BCUT2D eigenvalue weighted by Crippen LogP contribution is -2.61. The highest BCUT2D eigenvalue weighted by molar-refractivity contribution is 7.98. The molecule has 6 rings (SSSR count). The van der Waals surface area contributed by atoms with E-state index in [0.29, 0.717) is 11.8 Å². The Hall–Kier alpha value is -1.86. The van der Waals surface area contributed by atoms with Gasteiger partial charge in [-0.25, -0.2) is 4.40 Å². The molecule has 2 bridgehead atoms. The molecule has 0 radical (unpaired) electrons. The van der Waals surface area contributed by atoms with Crippen molar-refractivity contribution in [3.63, 3.8) is 0 Å². The zero-order chi connectivity index (χ0) is 20.9. The van der Waals surface area contributed by atoms with Crippen LogP contribution in [-0.4, -0.2) is 29.1 Å². The molecule has 0 N–H and O–H groups in total. The number of halogens is 4. The Morgan fingerprint density at radius 1 is 1.07 bits per heavy atom. The number of ether oxygens (including phenoxy) is 1. The summed E-state index contributed by atoms with van der Waals surface area (Å²) in [5, 5.41) is -0.373. The summed E-state index contributed by atoms with van der Waals surface area (Å²) < 4.78 is 49.2. The fourth-order valence-electron chi connectivity index (χ4n) is 4.94. The summed E-state index contributed by atoms with van der Waals surface area (Å²) in [7, 11) is 0. The van der Waals surface area contributed by atoms with Gasteiger partial charge in [-0.2, -0.15) is 13.2 Å². The highest BCUT2D eigenvalue weighted by atomic mass is 35.5. The van der Waals surface area contributed by atoms with Crippen molar-refractivity contribution in [1.29, 1.82) is 0 Å². The van der Waals surface area contributed by atoms with Gasteiger partial charge in [-0.1, -0.05) is 23.7 Å². The Morgan fingerprint density at radius 2 is 1.77 bits per heavy atom. The van der Waals surface area contributed by atoms with Gasteiger partial charge in [0.05, 0.1) is 16.0 Å². The van der Waals surface area contributed by atoms with E-state index < -0.39 is 11.7 Å². The Bertz CT molecular complexity index is 985. The molecule has 2 aromatic carbocycles. The standard InChI is InChI=1S/C22H20ClF3N2OS/c23-19-13-17(5-6-18(19)22(24,25)26)29-16-3-1-14(2-4-16)21-9-7-15(8-10-21)28-11-12-30-27-20(21)28/h1-6,13,15H,7-12H2. The first-order valence-electron chi connectivity index (χ1n) is 9.99. The van der Waals surface area contributed by atoms with E-state index in [-0.39, 0.29) is 16.2 Å². The molecule has 3 aliphatic heterocycles. The maximum Gasteiger partial charge on any atom is 0.417 e. The van der Waals surface area contributed by atoms with Crippen molar-refractivity contribution in [2.45, 2.75) is 43.3 Å². The molecule has 3 heterocycles. The average molecular weight is 453 g/mol. The van der Waals surface area contributed by atoms with Crippen LogP contribution in [0.5, 0.6) is 11.5 Å². The number of rotatable bonds is 3. The Balaban J connectivity index is 1.39. The van der Waals surface area contributed by atoms with Gasteiger partial charge in [0.25, 0.3) is 0 Å². The van der Waals surface area contributed by atoms with E-state index in [1.54, 1.807) is 11.9 Å². The highest BCUT2D eigenvalue weighted by Gasteiger charge is 2.51. The van der Waals surface area contributed by atoms with Crippen molar-refractivity contribution in [2.75, 3.05) is 12.3 Å². The van der Waals surface area contributed by atoms with Gasteiger partial charge < -0.3 is 9.64 Å². The van der Waals surface area contributed by atoms with Crippen LogP contribution in [0.15, 0.2) is 46.9 Å². The van der Waals surface area contributed by atoms with E-state index >= 15 is 0 Å². The molecule has 158 valence electrons. The van der Waals surface area contributed by atoms with E-state index in [1.807, 2.05) is 12.1 Å². The van der Waals surface area contributed by atoms with Gasteiger partial charge in [0, 0.05) is 24.4 Å². The zero-order valence-corrected chi connectivity index (χ0v) is 17.7. The summed E-state index contributed by atoms with van der Waals surface area (Å²) in [5.74, 6) is 3.09. The molecule has 2 aromatic rings. The molecular weight excluding hydrogens is 433 g/mol. The second-order valence-corrected chi connectivity index (χ2v) is 9.28. The lowest BCUT2D eigenvalue weighted by molar-refractivity contribution is -0.137. The number of piperidine rings is 2. The number of amidine groups is 1. The number of hydrogen-bond donors (Lipinski definition) is 0. The van der Waals surface area contributed by atoms with Gasteiger partial charge in [0.2, 0.25) is 0 Å². The third kappa shape index (κ3) is 3.36. The van der Waals surface area contributed by atoms with Crippen LogP contribution in [-0.2, 0) is 11.6 Å². The van der Waals surface area contributed by atoms with E-state index in [1.165, 1.54) is 36.4 Å². The Kier molecular flexibility index (Phi) is 4.93. The van der Waals surface area contributed by atoms with Crippen LogP contribution in [0.4, 0.5) is 13.2 Å². The summed E-state index contributed by atoms with van der Waals surface area (Å²) in [6.45, 7) is 1.06. The molecule has 0 atom stereocenters. The minimum atomic E-state index is -4.48. The number of hydrogen-bond acceptors (Lipinski definition) is 4. The normalized spacial score (nSPS) is 25.7. The minimum absolute atomic E-state index is 0.0433. The first kappa shape index (κ1) is 20.1. The third-order valence-electron chi connectivity index (χ3n) is 6.41. The monoisotopic (exact) mass is 452 g/mol. The quantitative estimate of drug-likeness (QED) is 0.484. The van der Waals surface area contributed by atoms with Gasteiger partial charge >= 0.3 is 6.18 Å². The maximum atomic E-state index is 12.9. The predicted molar refractivity (Wildman–Crippen MR) is 114 cm³/mol. The van der Waals surface area contributed by atoms with E-state index in [4.69, 9.17) is 20.7 Å². The smallest absolute Gasteiger partial charge is 0.417 e. The van der Waals surface area contributed by atoms with E-state index in [9.17, 15) is 13.2 Å². The maximum absolute atomic E-state index is 12.9. The first-order chi connectivity index (χ1) is 14.4. The summed E-state index contributed by atoms with van der Waals surface area (Å²) >= 11 is 7.45. The van der Waals surface area contributed by atoms with Crippen molar-refractivity contribution >= 4 is 29.4 Å². The molecule has 0 aromatic heterocycles. The molecule has 0 unspecified atom stereocenters. The van der Waals surface area contributed by atoms with Crippen LogP contribution < -0.4 is 4.74 Å². The number of alkyl halides is 3. The predicted octanol–water partition coefficient (Wildman–Crippen LogP) is 6.71. The van der Waals surface area contributed by atoms with Crippen LogP contribution in [0, 0.1) is 0 Å². The number of nitrogens with zero attached hydrogens (tertiary/aromatic N) is 2. The lowest BCUT2D eigenvalue weighted by atomic mass is 9.63. The molecule has 8 heteroatoms. The fourth-order valence-corrected chi connectivity index (χ4v) is 5.99. The van der Waals surface area contributed by atoms with Crippen LogP contribution in [0.1, 0.15) is 36.8 Å². The van der Waals surface area contributed by atoms with Gasteiger partial charge in [-0.05, 0) is 67.5 Å². The number of benzene rings is 2. The largest absolute Gasteiger partial charge is 0.457 e. The van der Waals surface area contributed by atoms with Gasteiger partial charge in [-0.3, -0.25) is 0 Å². The molecule has 3 nitrogen and oxygen atoms in total. The van der Waals surface area contributed by atoms with E-state index in [2.05, 4.69) is 17.0 Å². The third-order valence-corrected chi connectivity index (χ3v) is 7.39. The summed E-state index contributed by atoms with van der Waals surface area (Å²) in [6, 6.07) is 11.9. The minimum Gasteiger partial charge on any atom is -0.457 e. The van der Waals surface area contributed by atoms with Crippen molar-refractivity contribution in [2.24, 2.45) is 4.40 Å². The van der Waals surface area contributed by atoms with Crippen molar-refractivity contribution in [1.82, 2.24) is 4.90 Å². The fraction of sp³-hybridized carbons (Fsp3) is 0.409. The van der Waals surface area contributed by atoms with Crippen LogP contribution in [0.2, 0.25) is 5.02 Å². The topological polar surface area (TPSA) is 24.8 Å². The SMILES string of the molecule is FC(F)(F)c1ccc(Oc2ccc(C34CCC(CC3)N3CCSN=C34)cc2)cc1Cl. The summed E-state index contributed by atoms with van der Waals surface area (Å²) in [5.41, 5.74) is 0.317. The second kappa shape index (κ2) is 7.38. The molecule has 3 fully saturated rings. The van der Waals surface area contributed by atoms with Crippen molar-refractivity contribution in [3.05, 3.63) is 58.6 Å². The summed E-state index contributed by atoms with van der Waals surface area (Å²) in [4.78, 5) is 2.50. The van der Waals surface area contributed by atoms with Gasteiger partial charge in [0.15, 0.2) is 0 Å². The van der Waals surface area contributed by atoms with Crippen LogP contribution >= 0.6 is 23.5 Å². The molecule has 1 saturated carbocycles. The molecule has 1 aliphatic carbocycles. The Labute approximate surface area is 182 Å². The number of fused-ring (bicyclic) bond motifs is 2. The molecule has 0 amide bonds. The lowest BCUT2D eigenvalue weighted by Gasteiger charge is -2.55. The van der Waals surface area contributed by atoms with Gasteiger partial charge in [-0.15, -0.1) is 0 Å². The van der Waals surface area contributed by atoms with Crippen molar-refractivity contribution in [3.8, 4) is 11.5 Å². The van der Waals surface area contributed by atoms with E-state index in [0.717, 1.165) is 31.2 Å². The first-order valence-corrected chi connectivity index (χ1v) is 11.3. The summed E-state index contributed by atoms with van der Waals surface area (Å²) in [6.07, 6.45) is 0.0894.